The summed E-state index contributed by atoms with van der Waals surface area (Å²) >= 11 is 0. The van der Waals surface area contributed by atoms with Crippen LogP contribution in [-0.4, -0.2) is 31.1 Å². The zero-order valence-electron chi connectivity index (χ0n) is 13.4. The summed E-state index contributed by atoms with van der Waals surface area (Å²) in [5.74, 6) is 0.869. The molecule has 1 saturated heterocycles. The lowest BCUT2D eigenvalue weighted by molar-refractivity contribution is 0.176. The van der Waals surface area contributed by atoms with Crippen LogP contribution in [0.1, 0.15) is 25.3 Å². The summed E-state index contributed by atoms with van der Waals surface area (Å²) < 4.78 is 0. The Hall–Kier alpha value is -1.09. The topological polar surface area (TPSA) is 15.3 Å². The van der Waals surface area contributed by atoms with Gasteiger partial charge in [-0.15, -0.1) is 12.4 Å². The van der Waals surface area contributed by atoms with E-state index in [-0.39, 0.29) is 12.4 Å². The van der Waals surface area contributed by atoms with Crippen molar-refractivity contribution in [1.29, 1.82) is 0 Å². The molecular formula is C19H27ClN2. The van der Waals surface area contributed by atoms with Crippen LogP contribution in [0.4, 0.5) is 0 Å². The first kappa shape index (κ1) is 17.3. The molecule has 2 nitrogen and oxygen atoms in total. The van der Waals surface area contributed by atoms with Crippen LogP contribution >= 0.6 is 12.4 Å². The van der Waals surface area contributed by atoms with E-state index in [1.807, 2.05) is 0 Å². The maximum absolute atomic E-state index is 3.49. The number of nitrogens with zero attached hydrogens (tertiary/aromatic N) is 1. The summed E-state index contributed by atoms with van der Waals surface area (Å²) in [5, 5.41) is 6.26. The fraction of sp³-hybridized carbons (Fsp3) is 0.474. The van der Waals surface area contributed by atoms with E-state index in [1.54, 1.807) is 0 Å². The molecule has 3 heteroatoms. The first-order valence-corrected chi connectivity index (χ1v) is 8.26. The van der Waals surface area contributed by atoms with Gasteiger partial charge < -0.3 is 5.32 Å². The highest BCUT2D eigenvalue weighted by Gasteiger charge is 2.19. The maximum Gasteiger partial charge on any atom is 0.0239 e. The first-order valence-electron chi connectivity index (χ1n) is 8.26. The SMILES string of the molecule is CCNCC1CCN(Cc2cccc3ccccc23)CC1.Cl. The minimum absolute atomic E-state index is 0. The monoisotopic (exact) mass is 318 g/mol. The van der Waals surface area contributed by atoms with Gasteiger partial charge in [0.05, 0.1) is 0 Å². The van der Waals surface area contributed by atoms with Crippen molar-refractivity contribution in [2.24, 2.45) is 5.92 Å². The van der Waals surface area contributed by atoms with Gasteiger partial charge >= 0.3 is 0 Å². The van der Waals surface area contributed by atoms with Crippen LogP contribution in [0.15, 0.2) is 42.5 Å². The highest BCUT2D eigenvalue weighted by Crippen LogP contribution is 2.23. The fourth-order valence-corrected chi connectivity index (χ4v) is 3.37. The second-order valence-corrected chi connectivity index (χ2v) is 6.17. The minimum Gasteiger partial charge on any atom is -0.317 e. The molecule has 1 aliphatic rings. The molecule has 0 radical (unpaired) electrons. The second-order valence-electron chi connectivity index (χ2n) is 6.17. The molecule has 1 N–H and O–H groups in total. The minimum atomic E-state index is 0. The summed E-state index contributed by atoms with van der Waals surface area (Å²) in [6.45, 7) is 8.04. The zero-order chi connectivity index (χ0) is 14.5. The van der Waals surface area contributed by atoms with Crippen LogP contribution in [0.25, 0.3) is 10.8 Å². The molecule has 0 aliphatic carbocycles. The molecule has 0 spiro atoms. The third kappa shape index (κ3) is 4.22. The fourth-order valence-electron chi connectivity index (χ4n) is 3.37. The molecule has 0 bridgehead atoms. The smallest absolute Gasteiger partial charge is 0.0239 e. The van der Waals surface area contributed by atoms with Gasteiger partial charge in [0.2, 0.25) is 0 Å². The predicted octanol–water partition coefficient (Wildman–Crippen LogP) is 4.08. The van der Waals surface area contributed by atoms with Gasteiger partial charge in [0.25, 0.3) is 0 Å². The Bertz CT molecular complexity index is 571. The number of nitrogens with one attached hydrogen (secondary N) is 1. The molecule has 0 unspecified atom stereocenters. The summed E-state index contributed by atoms with van der Waals surface area (Å²) in [5.41, 5.74) is 1.47. The molecule has 1 aliphatic heterocycles. The Morgan fingerprint density at radius 2 is 1.77 bits per heavy atom. The average molecular weight is 319 g/mol. The Morgan fingerprint density at radius 3 is 2.55 bits per heavy atom. The molecule has 120 valence electrons. The van der Waals surface area contributed by atoms with E-state index in [1.165, 1.54) is 48.8 Å². The third-order valence-corrected chi connectivity index (χ3v) is 4.66. The quantitative estimate of drug-likeness (QED) is 0.893. The summed E-state index contributed by atoms with van der Waals surface area (Å²) in [4.78, 5) is 2.62. The van der Waals surface area contributed by atoms with Gasteiger partial charge in [-0.1, -0.05) is 49.4 Å². The van der Waals surface area contributed by atoms with Crippen molar-refractivity contribution < 1.29 is 0 Å². The molecular weight excluding hydrogens is 292 g/mol. The number of benzene rings is 2. The van der Waals surface area contributed by atoms with Gasteiger partial charge in [-0.05, 0) is 61.3 Å². The number of likely N-dealkylation sites (tertiary alicyclic amines) is 1. The molecule has 1 heterocycles. The first-order chi connectivity index (χ1) is 10.4. The number of halogens is 1. The number of fused-ring (bicyclic) bond motifs is 1. The van der Waals surface area contributed by atoms with Crippen molar-refractivity contribution in [3.05, 3.63) is 48.0 Å². The standard InChI is InChI=1S/C19H26N2.ClH/c1-2-20-14-16-10-12-21(13-11-16)15-18-8-5-7-17-6-3-4-9-19(17)18;/h3-9,16,20H,2,10-15H2,1H3;1H. The van der Waals surface area contributed by atoms with Gasteiger partial charge in [-0.3, -0.25) is 4.90 Å². The number of hydrogen-bond acceptors (Lipinski definition) is 2. The van der Waals surface area contributed by atoms with E-state index in [9.17, 15) is 0 Å². The van der Waals surface area contributed by atoms with E-state index < -0.39 is 0 Å². The van der Waals surface area contributed by atoms with Crippen molar-refractivity contribution in [2.75, 3.05) is 26.2 Å². The molecule has 0 saturated carbocycles. The van der Waals surface area contributed by atoms with Crippen molar-refractivity contribution in [2.45, 2.75) is 26.3 Å². The van der Waals surface area contributed by atoms with Crippen LogP contribution in [0.2, 0.25) is 0 Å². The van der Waals surface area contributed by atoms with Crippen LogP contribution in [0.5, 0.6) is 0 Å². The number of piperidine rings is 1. The molecule has 2 aromatic carbocycles. The van der Waals surface area contributed by atoms with E-state index in [4.69, 9.17) is 0 Å². The van der Waals surface area contributed by atoms with E-state index in [2.05, 4.69) is 59.6 Å². The molecule has 0 aromatic heterocycles. The highest BCUT2D eigenvalue weighted by atomic mass is 35.5. The Kier molecular flexibility index (Phi) is 6.69. The van der Waals surface area contributed by atoms with E-state index in [0.29, 0.717) is 0 Å². The highest BCUT2D eigenvalue weighted by molar-refractivity contribution is 5.85. The molecule has 22 heavy (non-hydrogen) atoms. The number of rotatable bonds is 5. The van der Waals surface area contributed by atoms with E-state index >= 15 is 0 Å². The lowest BCUT2D eigenvalue weighted by Crippen LogP contribution is -2.36. The van der Waals surface area contributed by atoms with Gasteiger partial charge in [0, 0.05) is 6.54 Å². The Morgan fingerprint density at radius 1 is 1.05 bits per heavy atom. The van der Waals surface area contributed by atoms with Crippen LogP contribution in [-0.2, 0) is 6.54 Å². The van der Waals surface area contributed by atoms with Crippen molar-refractivity contribution in [3.8, 4) is 0 Å². The number of hydrogen-bond donors (Lipinski definition) is 1. The van der Waals surface area contributed by atoms with Crippen LogP contribution in [0.3, 0.4) is 0 Å². The van der Waals surface area contributed by atoms with Crippen molar-refractivity contribution in [3.63, 3.8) is 0 Å². The van der Waals surface area contributed by atoms with Gasteiger partial charge in [-0.25, -0.2) is 0 Å². The molecule has 1 fully saturated rings. The Labute approximate surface area is 140 Å². The summed E-state index contributed by atoms with van der Waals surface area (Å²) in [7, 11) is 0. The lowest BCUT2D eigenvalue weighted by Gasteiger charge is -2.32. The maximum atomic E-state index is 3.49. The average Bonchev–Trinajstić information content (AvgIpc) is 2.55. The molecule has 0 atom stereocenters. The van der Waals surface area contributed by atoms with Gasteiger partial charge in [0.15, 0.2) is 0 Å². The molecule has 3 rings (SSSR count). The molecule has 0 amide bonds. The normalized spacial score (nSPS) is 16.6. The zero-order valence-corrected chi connectivity index (χ0v) is 14.2. The summed E-state index contributed by atoms with van der Waals surface area (Å²) in [6.07, 6.45) is 2.66. The van der Waals surface area contributed by atoms with Gasteiger partial charge in [0.1, 0.15) is 0 Å². The van der Waals surface area contributed by atoms with Crippen LogP contribution < -0.4 is 5.32 Å². The lowest BCUT2D eigenvalue weighted by atomic mass is 9.96. The van der Waals surface area contributed by atoms with Gasteiger partial charge in [-0.2, -0.15) is 0 Å². The second kappa shape index (κ2) is 8.52. The van der Waals surface area contributed by atoms with Crippen LogP contribution in [0, 0.1) is 5.92 Å². The van der Waals surface area contributed by atoms with Crippen molar-refractivity contribution >= 4 is 23.2 Å². The third-order valence-electron chi connectivity index (χ3n) is 4.66. The Balaban J connectivity index is 0.00000176. The van der Waals surface area contributed by atoms with Crippen molar-refractivity contribution in [1.82, 2.24) is 10.2 Å². The summed E-state index contributed by atoms with van der Waals surface area (Å²) in [6, 6.07) is 15.4. The predicted molar refractivity (Wildman–Crippen MR) is 97.7 cm³/mol. The largest absolute Gasteiger partial charge is 0.317 e. The van der Waals surface area contributed by atoms with E-state index in [0.717, 1.165) is 19.0 Å². The molecule has 2 aromatic rings.